The lowest BCUT2D eigenvalue weighted by atomic mass is 9.55. The lowest BCUT2D eigenvalue weighted by molar-refractivity contribution is -0.384. The van der Waals surface area contributed by atoms with Gasteiger partial charge in [0.25, 0.3) is 5.69 Å². The van der Waals surface area contributed by atoms with Gasteiger partial charge in [-0.3, -0.25) is 15.0 Å². The van der Waals surface area contributed by atoms with Gasteiger partial charge in [-0.05, 0) is 131 Å². The number of allylic oxidation sites excluding steroid dienone is 1. The number of aliphatic hydroxyl groups excluding tert-OH is 3. The van der Waals surface area contributed by atoms with E-state index in [9.17, 15) is 30.2 Å². The minimum Gasteiger partial charge on any atom is -0.459 e. The summed E-state index contributed by atoms with van der Waals surface area (Å²) < 4.78 is 32.7. The number of hydrogen-bond acceptors (Lipinski definition) is 13. The highest BCUT2D eigenvalue weighted by atomic mass is 16.7. The van der Waals surface area contributed by atoms with Gasteiger partial charge < -0.3 is 43.8 Å². The number of nitrogens with zero attached hydrogens (tertiary/aromatic N) is 3. The van der Waals surface area contributed by atoms with Crippen LogP contribution in [0.25, 0.3) is 0 Å². The van der Waals surface area contributed by atoms with Crippen LogP contribution in [0, 0.1) is 41.7 Å². The third-order valence-corrected chi connectivity index (χ3v) is 12.4. The molecule has 6 rings (SSSR count). The van der Waals surface area contributed by atoms with E-state index in [1.165, 1.54) is 29.2 Å². The Labute approximate surface area is 381 Å². The van der Waals surface area contributed by atoms with Gasteiger partial charge in [0.05, 0.1) is 43.0 Å². The molecular weight excluding hydrogens is 835 g/mol. The molecule has 1 saturated carbocycles. The average Bonchev–Trinajstić information content (AvgIpc) is 3.27. The van der Waals surface area contributed by atoms with Crippen LogP contribution in [0.5, 0.6) is 23.0 Å². The second-order valence-electron chi connectivity index (χ2n) is 18.0. The van der Waals surface area contributed by atoms with E-state index in [2.05, 4.69) is 19.6 Å². The number of oxime groups is 1. The van der Waals surface area contributed by atoms with Crippen LogP contribution in [0.2, 0.25) is 0 Å². The molecular formula is C50H65N3O12. The number of non-ortho nitro benzene ring substituents is 1. The van der Waals surface area contributed by atoms with E-state index in [-0.39, 0.29) is 81.8 Å². The van der Waals surface area contributed by atoms with Gasteiger partial charge in [0.1, 0.15) is 34.6 Å². The van der Waals surface area contributed by atoms with Gasteiger partial charge >= 0.3 is 6.09 Å². The van der Waals surface area contributed by atoms with E-state index in [1.807, 2.05) is 64.1 Å². The lowest BCUT2D eigenvalue weighted by Gasteiger charge is -2.59. The van der Waals surface area contributed by atoms with Crippen LogP contribution in [0.1, 0.15) is 88.3 Å². The zero-order valence-electron chi connectivity index (χ0n) is 38.3. The fraction of sp³-hybridized carbons (Fsp3) is 0.520. The second kappa shape index (κ2) is 22.2. The molecule has 0 aromatic heterocycles. The van der Waals surface area contributed by atoms with E-state index in [0.717, 1.165) is 47.9 Å². The van der Waals surface area contributed by atoms with Crippen molar-refractivity contribution in [1.82, 2.24) is 4.90 Å². The molecule has 65 heavy (non-hydrogen) atoms. The average molecular weight is 900 g/mol. The van der Waals surface area contributed by atoms with Crippen LogP contribution < -0.4 is 14.2 Å². The lowest BCUT2D eigenvalue weighted by Crippen LogP contribution is -2.70. The summed E-state index contributed by atoms with van der Waals surface area (Å²) in [4.78, 5) is 33.4. The van der Waals surface area contributed by atoms with Crippen molar-refractivity contribution < 1.29 is 53.6 Å². The Balaban J connectivity index is 1.59. The highest BCUT2D eigenvalue weighted by Crippen LogP contribution is 2.62. The van der Waals surface area contributed by atoms with E-state index in [4.69, 9.17) is 33.7 Å². The fourth-order valence-electron chi connectivity index (χ4n) is 9.32. The molecule has 3 N–H and O–H groups in total. The first kappa shape index (κ1) is 49.1. The summed E-state index contributed by atoms with van der Waals surface area (Å²) in [7, 11) is 0. The highest BCUT2D eigenvalue weighted by molar-refractivity contribution is 6.03. The topological polar surface area (TPSA) is 192 Å². The Hall–Kier alpha value is -5.32. The van der Waals surface area contributed by atoms with Crippen molar-refractivity contribution in [3.63, 3.8) is 0 Å². The minimum atomic E-state index is -1.59. The van der Waals surface area contributed by atoms with E-state index in [1.54, 1.807) is 6.08 Å². The van der Waals surface area contributed by atoms with Crippen LogP contribution in [-0.2, 0) is 14.3 Å². The van der Waals surface area contributed by atoms with Crippen LogP contribution >= 0.6 is 0 Å². The molecule has 3 aromatic carbocycles. The Morgan fingerprint density at radius 2 is 1.63 bits per heavy atom. The first-order valence-corrected chi connectivity index (χ1v) is 22.7. The molecule has 1 amide bonds. The summed E-state index contributed by atoms with van der Waals surface area (Å²) in [5, 5.41) is 45.9. The molecule has 6 unspecified atom stereocenters. The second-order valence-corrected chi connectivity index (χ2v) is 18.0. The molecule has 3 aromatic rings. The van der Waals surface area contributed by atoms with Crippen molar-refractivity contribution in [2.45, 2.75) is 103 Å². The fourth-order valence-corrected chi connectivity index (χ4v) is 9.32. The van der Waals surface area contributed by atoms with Crippen molar-refractivity contribution in [1.29, 1.82) is 0 Å². The molecule has 0 spiro atoms. The molecule has 352 valence electrons. The van der Waals surface area contributed by atoms with Gasteiger partial charge in [-0.25, -0.2) is 4.79 Å². The zero-order valence-corrected chi connectivity index (χ0v) is 38.3. The van der Waals surface area contributed by atoms with Crippen molar-refractivity contribution in [2.24, 2.45) is 22.9 Å². The van der Waals surface area contributed by atoms with Gasteiger partial charge in [0, 0.05) is 49.8 Å². The van der Waals surface area contributed by atoms with Gasteiger partial charge in [-0.1, -0.05) is 36.2 Å². The number of nitro benzene ring substituents is 1. The summed E-state index contributed by atoms with van der Waals surface area (Å²) in [6.45, 7) is 13.8. The maximum absolute atomic E-state index is 14.8. The first-order chi connectivity index (χ1) is 31.2. The van der Waals surface area contributed by atoms with Gasteiger partial charge in [-0.2, -0.15) is 0 Å². The van der Waals surface area contributed by atoms with Crippen LogP contribution in [0.4, 0.5) is 10.5 Å². The molecule has 3 aliphatic rings. The Kier molecular flexibility index (Phi) is 16.8. The summed E-state index contributed by atoms with van der Waals surface area (Å²) in [6.07, 6.45) is 7.49. The quantitative estimate of drug-likeness (QED) is 0.0376. The molecule has 15 nitrogen and oxygen atoms in total. The first-order valence-electron chi connectivity index (χ1n) is 22.7. The summed E-state index contributed by atoms with van der Waals surface area (Å²) in [5.41, 5.74) is 3.75. The molecule has 1 fully saturated rings. The van der Waals surface area contributed by atoms with Gasteiger partial charge in [-0.15, -0.1) is 6.58 Å². The maximum Gasteiger partial charge on any atom is 0.415 e. The molecule has 15 heteroatoms. The highest BCUT2D eigenvalue weighted by Gasteiger charge is 2.65. The number of nitro groups is 1. The third kappa shape index (κ3) is 11.7. The smallest absolute Gasteiger partial charge is 0.415 e. The molecule has 6 atom stereocenters. The van der Waals surface area contributed by atoms with E-state index in [0.29, 0.717) is 35.8 Å². The van der Waals surface area contributed by atoms with Crippen molar-refractivity contribution >= 4 is 17.5 Å². The number of amides is 1. The predicted molar refractivity (Wildman–Crippen MR) is 246 cm³/mol. The number of unbranched alkanes of at least 4 members (excludes halogenated alkanes) is 2. The summed E-state index contributed by atoms with van der Waals surface area (Å²) >= 11 is 0. The normalized spacial score (nSPS) is 22.8. The minimum absolute atomic E-state index is 0.00958. The molecule has 1 heterocycles. The van der Waals surface area contributed by atoms with Crippen molar-refractivity contribution in [2.75, 3.05) is 46.2 Å². The number of carbonyl (C=O) groups excluding carboxylic acids is 1. The van der Waals surface area contributed by atoms with Crippen molar-refractivity contribution in [3.8, 4) is 23.0 Å². The Bertz CT molecular complexity index is 2170. The molecule has 1 aliphatic heterocycles. The number of fused-ring (bicyclic) bond motifs is 2. The van der Waals surface area contributed by atoms with E-state index >= 15 is 0 Å². The van der Waals surface area contributed by atoms with Gasteiger partial charge in [0.2, 0.25) is 5.79 Å². The monoisotopic (exact) mass is 899 g/mol. The predicted octanol–water partition coefficient (Wildman–Crippen LogP) is 8.95. The number of aryl methyl sites for hydroxylation is 2. The Morgan fingerprint density at radius 3 is 2.29 bits per heavy atom. The number of aliphatic hydroxyl groups is 3. The standard InChI is InChI=1S/C50H65N3O12/c1-7-26-61-50-45(52(22-27-60-28-25-56)48(57)63-37-18-15-36(16-19-37)53(58)59)32-43(51-65-49(4,5)6)41-30-35(12-8-10-23-54)40(13-9-11-24-55)46(47(41)50)42-31-39(20-21-44(42)64-50)62-38-17-14-33(2)34(3)29-38/h7,14-21,29-31,35,40,45-47,54-56H,1,8-13,22-28,32H2,2-6H3. The third-order valence-electron chi connectivity index (χ3n) is 12.4. The summed E-state index contributed by atoms with van der Waals surface area (Å²) in [6, 6.07) is 16.1. The van der Waals surface area contributed by atoms with Gasteiger partial charge in [0.15, 0.2) is 0 Å². The van der Waals surface area contributed by atoms with Crippen LogP contribution in [0.3, 0.4) is 0 Å². The summed E-state index contributed by atoms with van der Waals surface area (Å²) in [5.74, 6) is -0.597. The van der Waals surface area contributed by atoms with Crippen molar-refractivity contribution in [3.05, 3.63) is 112 Å². The largest absolute Gasteiger partial charge is 0.459 e. The SMILES string of the molecule is C=CCOC12Oc3ccc(Oc4ccc(C)c(C)c4)cc3C3C(CCCCO)C(CCCCO)C=C(C(=NOC(C)(C)C)CC1N(CCOCCO)C(=O)Oc1ccc([N+](=O)[O-])cc1)C32. The van der Waals surface area contributed by atoms with Crippen LogP contribution in [-0.4, -0.2) is 101 Å². The molecule has 2 aliphatic carbocycles. The number of rotatable bonds is 22. The molecule has 0 bridgehead atoms. The Morgan fingerprint density at radius 1 is 0.938 bits per heavy atom. The van der Waals surface area contributed by atoms with Crippen LogP contribution in [0.15, 0.2) is 90.1 Å². The number of hydrogen-bond donors (Lipinski definition) is 3. The number of carbonyl (C=O) groups is 1. The molecule has 0 saturated heterocycles. The van der Waals surface area contributed by atoms with E-state index < -0.39 is 34.4 Å². The zero-order chi connectivity index (χ0) is 46.7. The number of ether oxygens (including phenoxy) is 5. The molecule has 0 radical (unpaired) electrons. The number of benzene rings is 3. The maximum atomic E-state index is 14.8.